The predicted molar refractivity (Wildman–Crippen MR) is 75.1 cm³/mol. The van der Waals surface area contributed by atoms with Gasteiger partial charge in [-0.2, -0.15) is 0 Å². The fourth-order valence-electron chi connectivity index (χ4n) is 3.45. The number of hydrogen-bond donors (Lipinski definition) is 1. The van der Waals surface area contributed by atoms with Crippen LogP contribution in [0.25, 0.3) is 0 Å². The number of hydrogen-bond acceptors (Lipinski definition) is 3. The number of ketones is 1. The molecule has 1 aliphatic heterocycles. The molecule has 3 nitrogen and oxygen atoms in total. The van der Waals surface area contributed by atoms with Crippen LogP contribution in [-0.4, -0.2) is 23.9 Å². The van der Waals surface area contributed by atoms with Gasteiger partial charge in [0.1, 0.15) is 5.78 Å². The second-order valence-electron chi connectivity index (χ2n) is 5.88. The molecule has 3 heteroatoms. The summed E-state index contributed by atoms with van der Waals surface area (Å²) in [6.45, 7) is 2.12. The molecule has 2 unspecified atom stereocenters. The largest absolute Gasteiger partial charge is 0.316 e. The molecule has 1 aliphatic carbocycles. The van der Waals surface area contributed by atoms with Crippen molar-refractivity contribution in [1.82, 2.24) is 10.3 Å². The van der Waals surface area contributed by atoms with E-state index in [2.05, 4.69) is 16.4 Å². The van der Waals surface area contributed by atoms with Crippen molar-refractivity contribution in [3.63, 3.8) is 0 Å². The van der Waals surface area contributed by atoms with Crippen LogP contribution in [0.15, 0.2) is 18.3 Å². The van der Waals surface area contributed by atoms with Crippen molar-refractivity contribution in [2.75, 3.05) is 13.1 Å². The minimum absolute atomic E-state index is 0.0619. The maximum Gasteiger partial charge on any atom is 0.142 e. The van der Waals surface area contributed by atoms with Crippen LogP contribution in [0.4, 0.5) is 0 Å². The molecule has 0 amide bonds. The lowest BCUT2D eigenvalue weighted by molar-refractivity contribution is -0.121. The molecule has 0 saturated carbocycles. The Labute approximate surface area is 114 Å². The molecule has 0 radical (unpaired) electrons. The third-order valence-corrected chi connectivity index (χ3v) is 4.47. The summed E-state index contributed by atoms with van der Waals surface area (Å²) < 4.78 is 0. The molecule has 0 bridgehead atoms. The fraction of sp³-hybridized carbons (Fsp3) is 0.625. The number of carbonyl (C=O) groups excluding carboxylic acids is 1. The Morgan fingerprint density at radius 1 is 1.37 bits per heavy atom. The first-order chi connectivity index (χ1) is 9.34. The van der Waals surface area contributed by atoms with Gasteiger partial charge in [0, 0.05) is 12.6 Å². The smallest absolute Gasteiger partial charge is 0.142 e. The molecule has 3 rings (SSSR count). The minimum atomic E-state index is 0.0619. The van der Waals surface area contributed by atoms with Crippen LogP contribution in [0, 0.1) is 5.92 Å². The molecule has 1 aromatic rings. The standard InChI is InChI=1S/C16H22N2O/c19-15(10-12-4-2-8-17-11-12)14-7-1-5-13-6-3-9-18-16(13)14/h3,6,9,12,14,17H,1-2,4-5,7-8,10-11H2. The van der Waals surface area contributed by atoms with Gasteiger partial charge in [0.2, 0.25) is 0 Å². The zero-order chi connectivity index (χ0) is 13.1. The first kappa shape index (κ1) is 12.8. The van der Waals surface area contributed by atoms with Gasteiger partial charge in [0.25, 0.3) is 0 Å². The topological polar surface area (TPSA) is 42.0 Å². The van der Waals surface area contributed by atoms with Gasteiger partial charge >= 0.3 is 0 Å². The Morgan fingerprint density at radius 3 is 3.16 bits per heavy atom. The quantitative estimate of drug-likeness (QED) is 0.905. The highest BCUT2D eigenvalue weighted by Gasteiger charge is 2.29. The molecule has 2 atom stereocenters. The van der Waals surface area contributed by atoms with Crippen LogP contribution in [0.2, 0.25) is 0 Å². The number of nitrogens with one attached hydrogen (secondary N) is 1. The lowest BCUT2D eigenvalue weighted by Gasteiger charge is -2.27. The summed E-state index contributed by atoms with van der Waals surface area (Å²) in [4.78, 5) is 17.0. The average molecular weight is 258 g/mol. The van der Waals surface area contributed by atoms with E-state index in [4.69, 9.17) is 0 Å². The summed E-state index contributed by atoms with van der Waals surface area (Å²) in [6.07, 6.45) is 8.15. The predicted octanol–water partition coefficient (Wildman–Crippen LogP) is 2.46. The summed E-state index contributed by atoms with van der Waals surface area (Å²) in [7, 11) is 0. The van der Waals surface area contributed by atoms with Crippen molar-refractivity contribution in [3.8, 4) is 0 Å². The second-order valence-corrected chi connectivity index (χ2v) is 5.88. The second kappa shape index (κ2) is 5.83. The number of fused-ring (bicyclic) bond motifs is 1. The molecule has 1 N–H and O–H groups in total. The molecule has 1 aromatic heterocycles. The minimum Gasteiger partial charge on any atom is -0.316 e. The highest BCUT2D eigenvalue weighted by molar-refractivity contribution is 5.86. The van der Waals surface area contributed by atoms with Crippen molar-refractivity contribution in [2.24, 2.45) is 5.92 Å². The maximum atomic E-state index is 12.6. The number of nitrogens with zero attached hydrogens (tertiary/aromatic N) is 1. The lowest BCUT2D eigenvalue weighted by atomic mass is 9.80. The SMILES string of the molecule is O=C(CC1CCCNC1)C1CCCc2cccnc21. The van der Waals surface area contributed by atoms with Gasteiger partial charge in [-0.3, -0.25) is 9.78 Å². The first-order valence-corrected chi connectivity index (χ1v) is 7.52. The van der Waals surface area contributed by atoms with E-state index in [9.17, 15) is 4.79 Å². The van der Waals surface area contributed by atoms with Gasteiger partial charge in [-0.1, -0.05) is 6.07 Å². The van der Waals surface area contributed by atoms with Crippen LogP contribution in [-0.2, 0) is 11.2 Å². The van der Waals surface area contributed by atoms with E-state index in [-0.39, 0.29) is 5.92 Å². The van der Waals surface area contributed by atoms with E-state index >= 15 is 0 Å². The van der Waals surface area contributed by atoms with Crippen LogP contribution < -0.4 is 5.32 Å². The van der Waals surface area contributed by atoms with E-state index in [1.165, 1.54) is 18.4 Å². The third-order valence-electron chi connectivity index (χ3n) is 4.47. The van der Waals surface area contributed by atoms with Gasteiger partial charge in [-0.05, 0) is 62.7 Å². The third kappa shape index (κ3) is 2.86. The molecule has 1 fully saturated rings. The number of pyridine rings is 1. The molecular weight excluding hydrogens is 236 g/mol. The van der Waals surface area contributed by atoms with Crippen LogP contribution >= 0.6 is 0 Å². The van der Waals surface area contributed by atoms with Crippen molar-refractivity contribution in [3.05, 3.63) is 29.6 Å². The summed E-state index contributed by atoms with van der Waals surface area (Å²) in [5.74, 6) is 1.01. The number of aryl methyl sites for hydroxylation is 1. The van der Waals surface area contributed by atoms with Crippen LogP contribution in [0.3, 0.4) is 0 Å². The zero-order valence-electron chi connectivity index (χ0n) is 11.4. The van der Waals surface area contributed by atoms with Crippen LogP contribution in [0.5, 0.6) is 0 Å². The summed E-state index contributed by atoms with van der Waals surface area (Å²) in [5, 5.41) is 3.39. The highest BCUT2D eigenvalue weighted by atomic mass is 16.1. The molecular formula is C16H22N2O. The Kier molecular flexibility index (Phi) is 3.92. The summed E-state index contributed by atoms with van der Waals surface area (Å²) in [6, 6.07) is 4.11. The summed E-state index contributed by atoms with van der Waals surface area (Å²) in [5.41, 5.74) is 2.34. The lowest BCUT2D eigenvalue weighted by Crippen LogP contribution is -2.32. The number of aromatic nitrogens is 1. The fourth-order valence-corrected chi connectivity index (χ4v) is 3.45. The Bertz CT molecular complexity index is 452. The molecule has 2 aliphatic rings. The Balaban J connectivity index is 1.70. The molecule has 102 valence electrons. The zero-order valence-corrected chi connectivity index (χ0v) is 11.4. The van der Waals surface area contributed by atoms with Gasteiger partial charge in [0.15, 0.2) is 0 Å². The average Bonchev–Trinajstić information content (AvgIpc) is 2.47. The van der Waals surface area contributed by atoms with Crippen molar-refractivity contribution >= 4 is 5.78 Å². The maximum absolute atomic E-state index is 12.6. The van der Waals surface area contributed by atoms with E-state index in [1.54, 1.807) is 0 Å². The summed E-state index contributed by atoms with van der Waals surface area (Å²) >= 11 is 0. The van der Waals surface area contributed by atoms with E-state index in [0.717, 1.165) is 44.5 Å². The van der Waals surface area contributed by atoms with E-state index in [0.29, 0.717) is 11.7 Å². The monoisotopic (exact) mass is 258 g/mol. The molecule has 0 spiro atoms. The van der Waals surface area contributed by atoms with Crippen molar-refractivity contribution in [1.29, 1.82) is 0 Å². The molecule has 2 heterocycles. The molecule has 19 heavy (non-hydrogen) atoms. The highest BCUT2D eigenvalue weighted by Crippen LogP contribution is 2.32. The Morgan fingerprint density at radius 2 is 2.32 bits per heavy atom. The van der Waals surface area contributed by atoms with E-state index in [1.807, 2.05) is 12.3 Å². The van der Waals surface area contributed by atoms with E-state index < -0.39 is 0 Å². The Hall–Kier alpha value is -1.22. The van der Waals surface area contributed by atoms with Crippen molar-refractivity contribution in [2.45, 2.75) is 44.4 Å². The van der Waals surface area contributed by atoms with Crippen molar-refractivity contribution < 1.29 is 4.79 Å². The number of Topliss-reactive ketones (excluding diaryl/α,β-unsaturated/α-hetero) is 1. The number of piperidine rings is 1. The number of rotatable bonds is 3. The normalized spacial score (nSPS) is 26.7. The van der Waals surface area contributed by atoms with Gasteiger partial charge in [-0.25, -0.2) is 0 Å². The van der Waals surface area contributed by atoms with Crippen LogP contribution in [0.1, 0.15) is 49.3 Å². The number of carbonyl (C=O) groups is 1. The van der Waals surface area contributed by atoms with Gasteiger partial charge in [0.05, 0.1) is 11.6 Å². The van der Waals surface area contributed by atoms with Gasteiger partial charge in [-0.15, -0.1) is 0 Å². The molecule has 0 aromatic carbocycles. The first-order valence-electron chi connectivity index (χ1n) is 7.52. The van der Waals surface area contributed by atoms with Gasteiger partial charge < -0.3 is 5.32 Å². The molecule has 1 saturated heterocycles.